The monoisotopic (exact) mass is 454 g/mol. The standard InChI is InChI=1S/C24H21.5CH4.BH.V/c1-5-2-8-12-17-18-14-10-4-6-3-9-13-16-15-11-7(1)19(5,8)21(11,12)23(15,17)24(16,18)22(13,14)20(6,9)10;;;;;;;/h5-17H,1-4H2;5*1H4;1H;/q-1;;;;;;;/i;;;;;;1T;. The summed E-state index contributed by atoms with van der Waals surface area (Å²) >= 11 is 0. The summed E-state index contributed by atoms with van der Waals surface area (Å²) in [5.74, 6) is 19.3. The molecule has 14 rings (SSSR count). The zero-order chi connectivity index (χ0) is 15.9. The average molecular weight is 454 g/mol. The van der Waals surface area contributed by atoms with Gasteiger partial charge in [-0.2, -0.15) is 11.8 Å². The van der Waals surface area contributed by atoms with Crippen LogP contribution in [0.2, 0.25) is 0 Å². The van der Waals surface area contributed by atoms with E-state index in [1.165, 1.54) is 76.9 Å². The van der Waals surface area contributed by atoms with E-state index in [4.69, 9.17) is 1.34 Å². The minimum atomic E-state index is 0. The molecule has 19 atom stereocenters. The van der Waals surface area contributed by atoms with Crippen LogP contribution in [0.3, 0.4) is 0 Å². The Balaban J connectivity index is 0.000000221. The Bertz CT molecular complexity index is 912. The van der Waals surface area contributed by atoms with Gasteiger partial charge in [0.15, 0.2) is 0 Å². The Hall–Kier alpha value is 0.649. The molecule has 0 aromatic carbocycles. The third kappa shape index (κ3) is 0.730. The molecule has 14 fully saturated rings. The SMILES string of the molecule is C.C.C.C.C.C1C2CC3C4C5C6C7C8CC9CC%10C%11C%12[C-]%13C%14C1C23C%144C%135C%126C%117C9%108.[3H][B].[V]. The molecule has 0 N–H and O–H groups in total. The maximum absolute atomic E-state index is 5.25. The van der Waals surface area contributed by atoms with Crippen molar-refractivity contribution in [2.24, 2.45) is 109 Å². The summed E-state index contributed by atoms with van der Waals surface area (Å²) in [6.45, 7) is 0. The van der Waals surface area contributed by atoms with Crippen LogP contribution in [0.5, 0.6) is 0 Å². The minimum absolute atomic E-state index is 0. The van der Waals surface area contributed by atoms with Crippen molar-refractivity contribution in [1.82, 2.24) is 0 Å². The van der Waals surface area contributed by atoms with Crippen molar-refractivity contribution in [3.63, 3.8) is 0 Å². The second kappa shape index (κ2) is 3.94. The first-order chi connectivity index (χ1) is 12.9. The van der Waals surface area contributed by atoms with Gasteiger partial charge in [0.25, 0.3) is 0 Å². The van der Waals surface area contributed by atoms with E-state index in [1.54, 1.807) is 25.7 Å². The van der Waals surface area contributed by atoms with Crippen LogP contribution in [0.1, 0.15) is 62.8 Å². The van der Waals surface area contributed by atoms with E-state index < -0.39 is 0 Å². The van der Waals surface area contributed by atoms with Crippen LogP contribution in [0, 0.1) is 115 Å². The molecule has 0 aromatic rings. The Morgan fingerprint density at radius 3 is 1.71 bits per heavy atom. The largest absolute Gasteiger partial charge is 0.299 e. The molecular formula is C29H42BV-. The van der Waals surface area contributed by atoms with E-state index >= 15 is 0 Å². The maximum atomic E-state index is 5.25. The number of hydrogen-bond donors (Lipinski definition) is 0. The number of fused-ring (bicyclic) bond motifs is 10. The number of rotatable bonds is 0. The molecule has 14 saturated carbocycles. The smallest absolute Gasteiger partial charge is 0.0379 e. The van der Waals surface area contributed by atoms with Gasteiger partial charge in [-0.05, 0) is 90.6 Å². The molecule has 0 heterocycles. The van der Waals surface area contributed by atoms with E-state index in [9.17, 15) is 0 Å². The molecule has 19 unspecified atom stereocenters. The van der Waals surface area contributed by atoms with Gasteiger partial charge in [0.05, 0.1) is 0 Å². The van der Waals surface area contributed by atoms with Gasteiger partial charge in [0.1, 0.15) is 0 Å². The van der Waals surface area contributed by atoms with Gasteiger partial charge < -0.3 is 0 Å². The molecule has 14 aliphatic rings. The summed E-state index contributed by atoms with van der Waals surface area (Å²) in [5, 5.41) is 0. The van der Waals surface area contributed by atoms with E-state index in [2.05, 4.69) is 14.3 Å². The van der Waals surface area contributed by atoms with Gasteiger partial charge in [-0.1, -0.05) is 65.7 Å². The van der Waals surface area contributed by atoms with Crippen LogP contribution in [0.15, 0.2) is 0 Å². The van der Waals surface area contributed by atoms with E-state index in [0.717, 1.165) is 32.5 Å². The molecule has 14 aliphatic carbocycles. The average Bonchev–Trinajstić information content (AvgIpc) is 2.54. The van der Waals surface area contributed by atoms with E-state index in [0.29, 0.717) is 0 Å². The Morgan fingerprint density at radius 1 is 0.581 bits per heavy atom. The van der Waals surface area contributed by atoms with Crippen molar-refractivity contribution in [3.8, 4) is 0 Å². The third-order valence-electron chi connectivity index (χ3n) is 17.3. The predicted molar refractivity (Wildman–Crippen MR) is 122 cm³/mol. The van der Waals surface area contributed by atoms with Crippen LogP contribution in [0.4, 0.5) is 0 Å². The van der Waals surface area contributed by atoms with Crippen LogP contribution in [-0.2, 0) is 18.6 Å². The Kier molecular flexibility index (Phi) is 2.53. The van der Waals surface area contributed by atoms with Crippen LogP contribution in [-0.4, -0.2) is 9.71 Å². The fourth-order valence-electron chi connectivity index (χ4n) is 19.5. The molecule has 31 heavy (non-hydrogen) atoms. The van der Waals surface area contributed by atoms with Crippen LogP contribution in [0.25, 0.3) is 0 Å². The van der Waals surface area contributed by atoms with Crippen molar-refractivity contribution in [1.29, 1.82) is 1.34 Å². The van der Waals surface area contributed by atoms with Crippen LogP contribution < -0.4 is 0 Å². The van der Waals surface area contributed by atoms with Gasteiger partial charge in [-0.25, -0.2) is 0 Å². The minimum Gasteiger partial charge on any atom is -0.299 e. The van der Waals surface area contributed by atoms with Crippen LogP contribution >= 0.6 is 0 Å². The van der Waals surface area contributed by atoms with Gasteiger partial charge in [-0.15, -0.1) is 5.41 Å². The van der Waals surface area contributed by atoms with Gasteiger partial charge in [0.2, 0.25) is 0 Å². The molecule has 167 valence electrons. The molecule has 0 aromatic heterocycles. The first-order valence-corrected chi connectivity index (χ1v) is 11.8. The molecule has 0 saturated heterocycles. The van der Waals surface area contributed by atoms with Crippen molar-refractivity contribution < 1.29 is 18.6 Å². The third-order valence-corrected chi connectivity index (χ3v) is 17.3. The molecule has 6 spiro atoms. The van der Waals surface area contributed by atoms with Crippen molar-refractivity contribution in [2.45, 2.75) is 62.8 Å². The fourth-order valence-corrected chi connectivity index (χ4v) is 19.5. The molecule has 0 bridgehead atoms. The van der Waals surface area contributed by atoms with E-state index in [-0.39, 0.29) is 55.7 Å². The first kappa shape index (κ1) is 19.9. The summed E-state index contributed by atoms with van der Waals surface area (Å²) in [7, 11) is 3.75. The molecule has 0 amide bonds. The van der Waals surface area contributed by atoms with Gasteiger partial charge in [0, 0.05) is 26.9 Å². The van der Waals surface area contributed by atoms with Crippen molar-refractivity contribution >= 4 is 8.38 Å². The molecule has 0 aliphatic heterocycles. The van der Waals surface area contributed by atoms with Crippen molar-refractivity contribution in [2.75, 3.05) is 0 Å². The van der Waals surface area contributed by atoms with E-state index in [1.807, 2.05) is 0 Å². The molecule has 2 heteroatoms. The van der Waals surface area contributed by atoms with Crippen molar-refractivity contribution in [3.05, 3.63) is 5.92 Å². The molecule has 3 radical (unpaired) electrons. The fraction of sp³-hybridized carbons (Fsp3) is 0.966. The first-order valence-electron chi connectivity index (χ1n) is 12.3. The Morgan fingerprint density at radius 2 is 1.10 bits per heavy atom. The summed E-state index contributed by atoms with van der Waals surface area (Å²) < 4.78 is 5.25. The normalized spacial score (nSPS) is 87.5. The molecular weight excluding hydrogens is 410 g/mol. The predicted octanol–water partition coefficient (Wildman–Crippen LogP) is 5.77. The zero-order valence-electron chi connectivity index (χ0n) is 15.9. The summed E-state index contributed by atoms with van der Waals surface area (Å²) in [5.41, 5.74) is 6.34. The second-order valence-corrected chi connectivity index (χ2v) is 14.1. The topological polar surface area (TPSA) is 0 Å². The summed E-state index contributed by atoms with van der Waals surface area (Å²) in [4.78, 5) is 0. The quantitative estimate of drug-likeness (QED) is 0.322. The summed E-state index contributed by atoms with van der Waals surface area (Å²) in [6, 6.07) is 0. The number of hydrogen-bond acceptors (Lipinski definition) is 0. The maximum Gasteiger partial charge on any atom is 0.0379 e. The molecule has 0 nitrogen and oxygen atoms in total. The Labute approximate surface area is 206 Å². The van der Waals surface area contributed by atoms with Gasteiger partial charge >= 0.3 is 0 Å². The zero-order valence-corrected chi connectivity index (χ0v) is 16.3. The second-order valence-electron chi connectivity index (χ2n) is 14.1. The van der Waals surface area contributed by atoms with Gasteiger partial charge in [-0.3, -0.25) is 5.92 Å². The summed E-state index contributed by atoms with van der Waals surface area (Å²) in [6.07, 6.45) is 6.86.